The first kappa shape index (κ1) is 30.2. The van der Waals surface area contributed by atoms with Crippen LogP contribution in [0.25, 0.3) is 10.4 Å². The van der Waals surface area contributed by atoms with Gasteiger partial charge in [-0.2, -0.15) is 0 Å². The van der Waals surface area contributed by atoms with Crippen molar-refractivity contribution < 1.29 is 4.43 Å². The molecule has 0 amide bonds. The molecule has 2 N–H and O–H groups in total. The first-order valence-electron chi connectivity index (χ1n) is 14.4. The fourth-order valence-corrected chi connectivity index (χ4v) is 11.3. The molecule has 1 unspecified atom stereocenters. The Hall–Kier alpha value is -2.77. The number of hydrogen-bond acceptors (Lipinski definition) is 5. The zero-order valence-electron chi connectivity index (χ0n) is 25.1. The molecule has 0 saturated heterocycles. The Kier molecular flexibility index (Phi) is 9.67. The molecular formula is C34H45N3OSSi. The highest BCUT2D eigenvalue weighted by molar-refractivity contribution is 7.13. The molecule has 4 rings (SSSR count). The Morgan fingerprint density at radius 1 is 0.925 bits per heavy atom. The van der Waals surface area contributed by atoms with Crippen LogP contribution in [-0.2, 0) is 11.0 Å². The van der Waals surface area contributed by atoms with Crippen molar-refractivity contribution in [3.63, 3.8) is 0 Å². The molecule has 0 radical (unpaired) electrons. The summed E-state index contributed by atoms with van der Waals surface area (Å²) in [7, 11) is -2.60. The third-order valence-corrected chi connectivity index (χ3v) is 14.0. The van der Waals surface area contributed by atoms with Gasteiger partial charge < -0.3 is 15.1 Å². The van der Waals surface area contributed by atoms with Gasteiger partial charge in [0.2, 0.25) is 0 Å². The first-order chi connectivity index (χ1) is 19.1. The smallest absolute Gasteiger partial charge is 0.261 e. The van der Waals surface area contributed by atoms with Gasteiger partial charge in [0.05, 0.1) is 16.1 Å². The molecule has 1 atom stereocenters. The molecule has 1 aromatic heterocycles. The van der Waals surface area contributed by atoms with Gasteiger partial charge in [0.15, 0.2) is 0 Å². The fraction of sp³-hybridized carbons (Fsp3) is 0.382. The summed E-state index contributed by atoms with van der Waals surface area (Å²) in [6.45, 7) is 17.3. The highest BCUT2D eigenvalue weighted by Gasteiger charge is 2.50. The van der Waals surface area contributed by atoms with Gasteiger partial charge in [0.1, 0.15) is 0 Å². The van der Waals surface area contributed by atoms with Crippen LogP contribution in [-0.4, -0.2) is 32.0 Å². The number of aromatic nitrogens is 1. The van der Waals surface area contributed by atoms with Crippen LogP contribution < -0.4 is 21.0 Å². The Morgan fingerprint density at radius 2 is 1.52 bits per heavy atom. The second-order valence-corrected chi connectivity index (χ2v) is 17.1. The van der Waals surface area contributed by atoms with Crippen molar-refractivity contribution >= 4 is 35.7 Å². The van der Waals surface area contributed by atoms with Crippen molar-refractivity contribution in [2.75, 3.05) is 11.4 Å². The zero-order valence-corrected chi connectivity index (χ0v) is 27.0. The lowest BCUT2D eigenvalue weighted by Crippen LogP contribution is -2.67. The van der Waals surface area contributed by atoms with Crippen LogP contribution in [0.5, 0.6) is 0 Å². The molecule has 0 aliphatic rings. The quantitative estimate of drug-likeness (QED) is 0.194. The van der Waals surface area contributed by atoms with Gasteiger partial charge in [-0.05, 0) is 66.7 Å². The molecule has 0 saturated carbocycles. The van der Waals surface area contributed by atoms with E-state index in [1.165, 1.54) is 32.1 Å². The van der Waals surface area contributed by atoms with Crippen molar-refractivity contribution in [3.05, 3.63) is 95.6 Å². The summed E-state index contributed by atoms with van der Waals surface area (Å²) in [4.78, 5) is 8.19. The molecule has 40 heavy (non-hydrogen) atoms. The molecule has 4 nitrogen and oxygen atoms in total. The molecule has 1 heterocycles. The molecule has 3 aromatic carbocycles. The number of benzene rings is 3. The highest BCUT2D eigenvalue weighted by Crippen LogP contribution is 2.38. The molecule has 6 heteroatoms. The third kappa shape index (κ3) is 6.25. The van der Waals surface area contributed by atoms with Gasteiger partial charge in [0.25, 0.3) is 8.32 Å². The molecule has 0 bridgehead atoms. The van der Waals surface area contributed by atoms with Gasteiger partial charge in [0, 0.05) is 30.9 Å². The van der Waals surface area contributed by atoms with E-state index in [-0.39, 0.29) is 11.1 Å². The Balaban J connectivity index is 1.65. The van der Waals surface area contributed by atoms with Crippen molar-refractivity contribution in [1.29, 1.82) is 0 Å². The van der Waals surface area contributed by atoms with E-state index in [0.717, 1.165) is 18.7 Å². The lowest BCUT2D eigenvalue weighted by Gasteiger charge is -2.45. The van der Waals surface area contributed by atoms with E-state index in [2.05, 4.69) is 137 Å². The normalized spacial score (nSPS) is 13.0. The Bertz CT molecular complexity index is 1330. The predicted molar refractivity (Wildman–Crippen MR) is 175 cm³/mol. The minimum atomic E-state index is -2.60. The van der Waals surface area contributed by atoms with Crippen LogP contribution in [0.15, 0.2) is 84.4 Å². The molecule has 0 aliphatic heterocycles. The van der Waals surface area contributed by atoms with Crippen molar-refractivity contribution in [2.24, 2.45) is 5.73 Å². The van der Waals surface area contributed by atoms with Crippen LogP contribution in [0.2, 0.25) is 5.04 Å². The van der Waals surface area contributed by atoms with Crippen molar-refractivity contribution in [1.82, 2.24) is 4.98 Å². The summed E-state index contributed by atoms with van der Waals surface area (Å²) in [5.74, 6) is 0. The molecule has 0 spiro atoms. The molecule has 0 aliphatic carbocycles. The molecule has 212 valence electrons. The molecule has 4 aromatic rings. The number of nitrogens with two attached hydrogens (primary N) is 1. The number of hydrogen-bond donors (Lipinski definition) is 1. The summed E-state index contributed by atoms with van der Waals surface area (Å²) in [5, 5.41) is 2.59. The number of rotatable bonds is 11. The lowest BCUT2D eigenvalue weighted by molar-refractivity contribution is 0.197. The lowest BCUT2D eigenvalue weighted by atomic mass is 10.0. The van der Waals surface area contributed by atoms with Gasteiger partial charge in [-0.3, -0.25) is 0 Å². The summed E-state index contributed by atoms with van der Waals surface area (Å²) in [6, 6.07) is 28.8. The number of aryl methyl sites for hydroxylation is 1. The van der Waals surface area contributed by atoms with E-state index < -0.39 is 8.32 Å². The number of thiazole rings is 1. The van der Waals surface area contributed by atoms with E-state index in [9.17, 15) is 0 Å². The van der Waals surface area contributed by atoms with E-state index in [0.29, 0.717) is 12.6 Å². The van der Waals surface area contributed by atoms with Crippen LogP contribution in [0.1, 0.15) is 59.2 Å². The average Bonchev–Trinajstić information content (AvgIpc) is 3.37. The average molecular weight is 572 g/mol. The van der Waals surface area contributed by atoms with Gasteiger partial charge in [-0.1, -0.05) is 93.6 Å². The summed E-state index contributed by atoms with van der Waals surface area (Å²) in [6.07, 6.45) is 0.983. The highest BCUT2D eigenvalue weighted by atomic mass is 32.1. The third-order valence-electron chi connectivity index (χ3n) is 7.82. The number of nitrogens with zero attached hydrogens (tertiary/aromatic N) is 2. The minimum Gasteiger partial charge on any atom is -0.405 e. The van der Waals surface area contributed by atoms with Crippen LogP contribution in [0, 0.1) is 6.92 Å². The van der Waals surface area contributed by atoms with Crippen molar-refractivity contribution in [3.8, 4) is 10.4 Å². The molecule has 0 fully saturated rings. The van der Waals surface area contributed by atoms with Crippen LogP contribution in [0.3, 0.4) is 0 Å². The SMILES string of the molecule is Cc1ncsc1-c1ccc(CN)c(N(CCC(C)O[Si](c2ccccc2)(c2ccccc2)C(C)(C)C)C(C)C)c1. The van der Waals surface area contributed by atoms with Crippen molar-refractivity contribution in [2.45, 2.75) is 78.6 Å². The summed E-state index contributed by atoms with van der Waals surface area (Å²) >= 11 is 1.69. The van der Waals surface area contributed by atoms with Gasteiger partial charge >= 0.3 is 0 Å². The second-order valence-electron chi connectivity index (χ2n) is 12.0. The van der Waals surface area contributed by atoms with Gasteiger partial charge in [-0.15, -0.1) is 11.3 Å². The predicted octanol–water partition coefficient (Wildman–Crippen LogP) is 7.15. The van der Waals surface area contributed by atoms with E-state index in [1.807, 2.05) is 5.51 Å². The second kappa shape index (κ2) is 12.8. The Morgan fingerprint density at radius 3 is 2.00 bits per heavy atom. The minimum absolute atomic E-state index is 0.0463. The summed E-state index contributed by atoms with van der Waals surface area (Å²) < 4.78 is 7.38. The number of anilines is 1. The maximum Gasteiger partial charge on any atom is 0.261 e. The van der Waals surface area contributed by atoms with E-state index >= 15 is 0 Å². The standard InChI is InChI=1S/C34H45N3OSSi/c1-25(2)37(32-22-28(18-19-29(32)23-35)33-27(4)36-24-39-33)21-20-26(3)38-40(34(5,6)7,30-14-10-8-11-15-30)31-16-12-9-13-17-31/h8-19,22,24-26H,20-21,23,35H2,1-7H3. The fourth-order valence-electron chi connectivity index (χ4n) is 5.75. The largest absolute Gasteiger partial charge is 0.405 e. The van der Waals surface area contributed by atoms with E-state index in [1.54, 1.807) is 11.3 Å². The van der Waals surface area contributed by atoms with Crippen LogP contribution in [0.4, 0.5) is 5.69 Å². The first-order valence-corrected chi connectivity index (χ1v) is 17.2. The maximum absolute atomic E-state index is 7.38. The zero-order chi connectivity index (χ0) is 28.9. The maximum atomic E-state index is 7.38. The van der Waals surface area contributed by atoms with E-state index in [4.69, 9.17) is 10.2 Å². The Labute approximate surface area is 246 Å². The monoisotopic (exact) mass is 571 g/mol. The van der Waals surface area contributed by atoms with Gasteiger partial charge in [-0.25, -0.2) is 4.98 Å². The molecular weight excluding hydrogens is 527 g/mol. The van der Waals surface area contributed by atoms with Crippen LogP contribution >= 0.6 is 11.3 Å². The summed E-state index contributed by atoms with van der Waals surface area (Å²) in [5.41, 5.74) is 12.8. The topological polar surface area (TPSA) is 51.4 Å².